The van der Waals surface area contributed by atoms with E-state index in [1.807, 2.05) is 6.21 Å². The van der Waals surface area contributed by atoms with E-state index in [4.69, 9.17) is 9.47 Å². The largest absolute Gasteiger partial charge is 0.454 e. The Morgan fingerprint density at radius 1 is 1.24 bits per heavy atom. The second-order valence-electron chi connectivity index (χ2n) is 6.13. The third kappa shape index (κ3) is 2.37. The highest BCUT2D eigenvalue weighted by atomic mass is 16.7. The fraction of sp³-hybridized carbons (Fsp3) is 0.500. The highest BCUT2D eigenvalue weighted by Crippen LogP contribution is 2.47. The first-order valence-corrected chi connectivity index (χ1v) is 7.53. The lowest BCUT2D eigenvalue weighted by Gasteiger charge is -2.16. The lowest BCUT2D eigenvalue weighted by molar-refractivity contribution is 0.0954. The van der Waals surface area contributed by atoms with Crippen LogP contribution in [0.1, 0.15) is 36.0 Å². The van der Waals surface area contributed by atoms with Gasteiger partial charge >= 0.3 is 0 Å². The standard InChI is InChI=1S/C16H18N2O3/c19-16(12-3-4-14-15(7-12)21-9-20-14)18-17-8-13-6-10-1-2-11(13)5-10/h3-4,7-8,10-11,13H,1-2,5-6,9H2,(H,18,19)/b17-8-/t10-,11-,13-/m0/s1. The van der Waals surface area contributed by atoms with Gasteiger partial charge in [-0.25, -0.2) is 5.43 Å². The molecule has 3 atom stereocenters. The van der Waals surface area contributed by atoms with Crippen molar-refractivity contribution in [1.29, 1.82) is 0 Å². The van der Waals surface area contributed by atoms with Crippen LogP contribution in [-0.2, 0) is 0 Å². The number of hydrogen-bond donors (Lipinski definition) is 1. The minimum absolute atomic E-state index is 0.211. The highest BCUT2D eigenvalue weighted by molar-refractivity contribution is 5.95. The van der Waals surface area contributed by atoms with Gasteiger partial charge in [0, 0.05) is 11.8 Å². The highest BCUT2D eigenvalue weighted by Gasteiger charge is 2.38. The molecule has 1 heterocycles. The van der Waals surface area contributed by atoms with Crippen LogP contribution in [-0.4, -0.2) is 18.9 Å². The van der Waals surface area contributed by atoms with Gasteiger partial charge in [0.05, 0.1) is 0 Å². The smallest absolute Gasteiger partial charge is 0.271 e. The van der Waals surface area contributed by atoms with E-state index in [1.165, 1.54) is 25.7 Å². The third-order valence-electron chi connectivity index (χ3n) is 4.86. The van der Waals surface area contributed by atoms with E-state index in [2.05, 4.69) is 10.5 Å². The number of amides is 1. The lowest BCUT2D eigenvalue weighted by Crippen LogP contribution is -2.20. The first kappa shape index (κ1) is 12.7. The van der Waals surface area contributed by atoms with Gasteiger partial charge in [0.15, 0.2) is 11.5 Å². The van der Waals surface area contributed by atoms with Crippen LogP contribution < -0.4 is 14.9 Å². The van der Waals surface area contributed by atoms with Crippen molar-refractivity contribution < 1.29 is 14.3 Å². The van der Waals surface area contributed by atoms with Crippen LogP contribution in [0.25, 0.3) is 0 Å². The summed E-state index contributed by atoms with van der Waals surface area (Å²) in [6.45, 7) is 0.211. The van der Waals surface area contributed by atoms with Gasteiger partial charge < -0.3 is 9.47 Å². The molecule has 2 fully saturated rings. The lowest BCUT2D eigenvalue weighted by atomic mass is 9.90. The number of rotatable bonds is 3. The van der Waals surface area contributed by atoms with E-state index in [0.717, 1.165) is 11.8 Å². The predicted molar refractivity (Wildman–Crippen MR) is 77.5 cm³/mol. The molecule has 5 nitrogen and oxygen atoms in total. The van der Waals surface area contributed by atoms with Crippen molar-refractivity contribution >= 4 is 12.1 Å². The number of hydrogen-bond acceptors (Lipinski definition) is 4. The second-order valence-corrected chi connectivity index (χ2v) is 6.13. The number of nitrogens with zero attached hydrogens (tertiary/aromatic N) is 1. The molecule has 2 bridgehead atoms. The number of nitrogens with one attached hydrogen (secondary N) is 1. The van der Waals surface area contributed by atoms with Gasteiger partial charge in [0.25, 0.3) is 5.91 Å². The van der Waals surface area contributed by atoms with Crippen molar-refractivity contribution in [2.75, 3.05) is 6.79 Å². The molecular weight excluding hydrogens is 268 g/mol. The molecule has 1 N–H and O–H groups in total. The van der Waals surface area contributed by atoms with Gasteiger partial charge in [-0.1, -0.05) is 6.42 Å². The van der Waals surface area contributed by atoms with Gasteiger partial charge in [-0.2, -0.15) is 5.10 Å². The molecular formula is C16H18N2O3. The second kappa shape index (κ2) is 5.06. The van der Waals surface area contributed by atoms with Crippen LogP contribution in [0, 0.1) is 17.8 Å². The molecule has 0 unspecified atom stereocenters. The van der Waals surface area contributed by atoms with E-state index in [0.29, 0.717) is 23.0 Å². The summed E-state index contributed by atoms with van der Waals surface area (Å²) in [5.74, 6) is 3.28. The maximum Gasteiger partial charge on any atom is 0.271 e. The fourth-order valence-electron chi connectivity index (χ4n) is 3.77. The third-order valence-corrected chi connectivity index (χ3v) is 4.86. The minimum atomic E-state index is -0.215. The van der Waals surface area contributed by atoms with Gasteiger partial charge in [-0.05, 0) is 55.2 Å². The quantitative estimate of drug-likeness (QED) is 0.686. The molecule has 2 aliphatic carbocycles. The van der Waals surface area contributed by atoms with Gasteiger partial charge in [-0.3, -0.25) is 4.79 Å². The molecule has 110 valence electrons. The molecule has 21 heavy (non-hydrogen) atoms. The van der Waals surface area contributed by atoms with Gasteiger partial charge in [0.2, 0.25) is 6.79 Å². The molecule has 3 aliphatic rings. The molecule has 0 saturated heterocycles. The first-order valence-electron chi connectivity index (χ1n) is 7.53. The van der Waals surface area contributed by atoms with E-state index in [1.54, 1.807) is 18.2 Å². The summed E-state index contributed by atoms with van der Waals surface area (Å²) in [5.41, 5.74) is 3.14. The summed E-state index contributed by atoms with van der Waals surface area (Å²) in [5, 5.41) is 4.15. The van der Waals surface area contributed by atoms with Crippen LogP contribution in [0.15, 0.2) is 23.3 Å². The van der Waals surface area contributed by atoms with Crippen molar-refractivity contribution in [3.8, 4) is 11.5 Å². The number of fused-ring (bicyclic) bond motifs is 3. The molecule has 1 aromatic rings. The average Bonchev–Trinajstić information content (AvgIpc) is 3.22. The van der Waals surface area contributed by atoms with Crippen LogP contribution in [0.2, 0.25) is 0 Å². The topological polar surface area (TPSA) is 59.9 Å². The molecule has 1 aliphatic heterocycles. The molecule has 0 spiro atoms. The van der Waals surface area contributed by atoms with Crippen molar-refractivity contribution in [3.63, 3.8) is 0 Å². The predicted octanol–water partition coefficient (Wildman–Crippen LogP) is 2.57. The van der Waals surface area contributed by atoms with E-state index >= 15 is 0 Å². The zero-order valence-corrected chi connectivity index (χ0v) is 11.7. The number of ether oxygens (including phenoxy) is 2. The summed E-state index contributed by atoms with van der Waals surface area (Å²) >= 11 is 0. The van der Waals surface area contributed by atoms with Crippen LogP contribution >= 0.6 is 0 Å². The SMILES string of the molecule is O=C(N/N=C\[C@@H]1C[C@H]2CC[C@H]1C2)c1ccc2c(c1)OCO2. The number of benzene rings is 1. The van der Waals surface area contributed by atoms with E-state index in [9.17, 15) is 4.79 Å². The zero-order valence-electron chi connectivity index (χ0n) is 11.7. The molecule has 1 amide bonds. The zero-order chi connectivity index (χ0) is 14.2. The fourth-order valence-corrected chi connectivity index (χ4v) is 3.77. The van der Waals surface area contributed by atoms with Crippen molar-refractivity contribution in [2.45, 2.75) is 25.7 Å². The molecule has 2 saturated carbocycles. The van der Waals surface area contributed by atoms with Crippen molar-refractivity contribution in [2.24, 2.45) is 22.9 Å². The van der Waals surface area contributed by atoms with Crippen molar-refractivity contribution in [1.82, 2.24) is 5.43 Å². The average molecular weight is 286 g/mol. The van der Waals surface area contributed by atoms with Crippen molar-refractivity contribution in [3.05, 3.63) is 23.8 Å². The Balaban J connectivity index is 1.37. The molecule has 4 rings (SSSR count). The maximum absolute atomic E-state index is 12.1. The van der Waals surface area contributed by atoms with Gasteiger partial charge in [0.1, 0.15) is 0 Å². The molecule has 0 radical (unpaired) electrons. The number of carbonyl (C=O) groups is 1. The summed E-state index contributed by atoms with van der Waals surface area (Å²) in [7, 11) is 0. The molecule has 1 aromatic carbocycles. The molecule has 0 aromatic heterocycles. The van der Waals surface area contributed by atoms with E-state index in [-0.39, 0.29) is 12.7 Å². The van der Waals surface area contributed by atoms with Crippen LogP contribution in [0.3, 0.4) is 0 Å². The Morgan fingerprint density at radius 3 is 2.95 bits per heavy atom. The Kier molecular flexibility index (Phi) is 3.05. The Labute approximate surface area is 123 Å². The Hall–Kier alpha value is -2.04. The summed E-state index contributed by atoms with van der Waals surface area (Å²) < 4.78 is 10.5. The van der Waals surface area contributed by atoms with E-state index < -0.39 is 0 Å². The Bertz CT molecular complexity index is 599. The van der Waals surface area contributed by atoms with Crippen LogP contribution in [0.5, 0.6) is 11.5 Å². The Morgan fingerprint density at radius 2 is 2.14 bits per heavy atom. The summed E-state index contributed by atoms with van der Waals surface area (Å²) in [6.07, 6.45) is 7.19. The molecule has 5 heteroatoms. The summed E-state index contributed by atoms with van der Waals surface area (Å²) in [6, 6.07) is 5.15. The van der Waals surface area contributed by atoms with Crippen LogP contribution in [0.4, 0.5) is 0 Å². The van der Waals surface area contributed by atoms with Gasteiger partial charge in [-0.15, -0.1) is 0 Å². The monoisotopic (exact) mass is 286 g/mol. The first-order chi connectivity index (χ1) is 10.3. The number of hydrazone groups is 1. The normalized spacial score (nSPS) is 29.2. The maximum atomic E-state index is 12.1. The summed E-state index contributed by atoms with van der Waals surface area (Å²) in [4.78, 5) is 12.1. The minimum Gasteiger partial charge on any atom is -0.454 e. The number of carbonyl (C=O) groups excluding carboxylic acids is 1.